The van der Waals surface area contributed by atoms with Crippen LogP contribution in [0.15, 0.2) is 18.2 Å². The number of hydrogen-bond donors (Lipinski definition) is 0. The predicted octanol–water partition coefficient (Wildman–Crippen LogP) is 4.75. The molecule has 2 atom stereocenters. The first-order valence-electron chi connectivity index (χ1n) is 7.00. The maximum Gasteiger partial charge on any atom is 0.0474 e. The molecule has 2 rings (SSSR count). The first-order valence-corrected chi connectivity index (χ1v) is 7.53. The van der Waals surface area contributed by atoms with Gasteiger partial charge in [-0.25, -0.2) is 0 Å². The largest absolute Gasteiger partial charge is 0.371 e. The third-order valence-corrected chi connectivity index (χ3v) is 4.56. The number of anilines is 1. The fourth-order valence-corrected chi connectivity index (χ4v) is 3.31. The number of halogens is 1. The minimum atomic E-state index is 0.602. The second kappa shape index (κ2) is 5.97. The van der Waals surface area contributed by atoms with E-state index in [0.29, 0.717) is 11.9 Å². The van der Waals surface area contributed by atoms with Crippen molar-refractivity contribution in [2.75, 3.05) is 11.9 Å². The summed E-state index contributed by atoms with van der Waals surface area (Å²) in [5.41, 5.74) is 3.92. The molecule has 1 aliphatic rings. The van der Waals surface area contributed by atoms with Gasteiger partial charge < -0.3 is 4.90 Å². The monoisotopic (exact) mass is 265 g/mol. The summed E-state index contributed by atoms with van der Waals surface area (Å²) >= 11 is 5.89. The molecule has 1 nitrogen and oxygen atoms in total. The molecule has 18 heavy (non-hydrogen) atoms. The number of rotatable bonds is 3. The van der Waals surface area contributed by atoms with Crippen LogP contribution in [0.3, 0.4) is 0 Å². The van der Waals surface area contributed by atoms with Gasteiger partial charge in [0, 0.05) is 24.7 Å². The van der Waals surface area contributed by atoms with Crippen LogP contribution in [-0.2, 0) is 5.88 Å². The molecule has 0 bridgehead atoms. The lowest BCUT2D eigenvalue weighted by Gasteiger charge is -2.36. The highest BCUT2D eigenvalue weighted by molar-refractivity contribution is 6.17. The highest BCUT2D eigenvalue weighted by Crippen LogP contribution is 2.31. The van der Waals surface area contributed by atoms with Crippen molar-refractivity contribution in [3.8, 4) is 0 Å². The van der Waals surface area contributed by atoms with Crippen LogP contribution in [0.2, 0.25) is 0 Å². The summed E-state index contributed by atoms with van der Waals surface area (Å²) in [4.78, 5) is 2.48. The van der Waals surface area contributed by atoms with Crippen molar-refractivity contribution in [3.05, 3.63) is 29.3 Å². The number of benzene rings is 1. The van der Waals surface area contributed by atoms with E-state index in [0.717, 1.165) is 5.92 Å². The first-order chi connectivity index (χ1) is 8.61. The molecule has 1 aliphatic carbocycles. The van der Waals surface area contributed by atoms with Crippen LogP contribution < -0.4 is 4.90 Å². The molecule has 0 aromatic heterocycles. The van der Waals surface area contributed by atoms with E-state index in [4.69, 9.17) is 11.6 Å². The summed E-state index contributed by atoms with van der Waals surface area (Å²) in [5, 5.41) is 0. The summed E-state index contributed by atoms with van der Waals surface area (Å²) in [5.74, 6) is 1.47. The number of hydrogen-bond acceptors (Lipinski definition) is 1. The molecule has 0 radical (unpaired) electrons. The molecule has 1 fully saturated rings. The maximum absolute atomic E-state index is 5.89. The topological polar surface area (TPSA) is 3.24 Å². The van der Waals surface area contributed by atoms with Crippen molar-refractivity contribution in [3.63, 3.8) is 0 Å². The van der Waals surface area contributed by atoms with Gasteiger partial charge in [-0.05, 0) is 42.9 Å². The average molecular weight is 266 g/mol. The van der Waals surface area contributed by atoms with Crippen molar-refractivity contribution in [1.29, 1.82) is 0 Å². The molecule has 100 valence electrons. The molecule has 1 aromatic carbocycles. The lowest BCUT2D eigenvalue weighted by atomic mass is 9.86. The van der Waals surface area contributed by atoms with E-state index >= 15 is 0 Å². The molecule has 0 heterocycles. The third-order valence-electron chi connectivity index (χ3n) is 4.25. The van der Waals surface area contributed by atoms with Gasteiger partial charge in [-0.3, -0.25) is 0 Å². The normalized spacial score (nSPS) is 24.0. The Morgan fingerprint density at radius 3 is 2.72 bits per heavy atom. The van der Waals surface area contributed by atoms with Crippen LogP contribution in [-0.4, -0.2) is 13.1 Å². The highest BCUT2D eigenvalue weighted by atomic mass is 35.5. The van der Waals surface area contributed by atoms with Crippen LogP contribution in [0.5, 0.6) is 0 Å². The second-order valence-electron chi connectivity index (χ2n) is 5.79. The summed E-state index contributed by atoms with van der Waals surface area (Å²) < 4.78 is 0. The number of alkyl halides is 1. The van der Waals surface area contributed by atoms with Crippen LogP contribution >= 0.6 is 11.6 Å². The molecule has 1 saturated carbocycles. The fraction of sp³-hybridized carbons (Fsp3) is 0.625. The van der Waals surface area contributed by atoms with Gasteiger partial charge in [-0.1, -0.05) is 31.9 Å². The van der Waals surface area contributed by atoms with Crippen LogP contribution in [0.1, 0.15) is 43.7 Å². The summed E-state index contributed by atoms with van der Waals surface area (Å²) in [6.07, 6.45) is 5.42. The fourth-order valence-electron chi connectivity index (χ4n) is 3.15. The third kappa shape index (κ3) is 3.00. The van der Waals surface area contributed by atoms with Gasteiger partial charge in [0.1, 0.15) is 0 Å². The zero-order valence-corrected chi connectivity index (χ0v) is 12.5. The Morgan fingerprint density at radius 2 is 2.11 bits per heavy atom. The van der Waals surface area contributed by atoms with Crippen LogP contribution in [0.4, 0.5) is 5.69 Å². The van der Waals surface area contributed by atoms with E-state index in [9.17, 15) is 0 Å². The lowest BCUT2D eigenvalue weighted by Crippen LogP contribution is -2.35. The molecule has 2 unspecified atom stereocenters. The van der Waals surface area contributed by atoms with Gasteiger partial charge >= 0.3 is 0 Å². The van der Waals surface area contributed by atoms with Gasteiger partial charge in [-0.15, -0.1) is 11.6 Å². The molecular formula is C16H24ClN. The Morgan fingerprint density at radius 1 is 1.33 bits per heavy atom. The highest BCUT2D eigenvalue weighted by Gasteiger charge is 2.23. The zero-order chi connectivity index (χ0) is 13.1. The number of aryl methyl sites for hydroxylation is 1. The van der Waals surface area contributed by atoms with Crippen LogP contribution in [0.25, 0.3) is 0 Å². The zero-order valence-electron chi connectivity index (χ0n) is 11.7. The second-order valence-corrected chi connectivity index (χ2v) is 6.06. The van der Waals surface area contributed by atoms with Gasteiger partial charge in [0.15, 0.2) is 0 Å². The van der Waals surface area contributed by atoms with Crippen molar-refractivity contribution >= 4 is 17.3 Å². The van der Waals surface area contributed by atoms with Gasteiger partial charge in [0.25, 0.3) is 0 Å². The van der Waals surface area contributed by atoms with Gasteiger partial charge in [0.05, 0.1) is 0 Å². The van der Waals surface area contributed by atoms with Crippen molar-refractivity contribution in [1.82, 2.24) is 0 Å². The Bertz CT molecular complexity index is 402. The van der Waals surface area contributed by atoms with Crippen molar-refractivity contribution in [2.45, 2.75) is 51.5 Å². The molecule has 1 aromatic rings. The maximum atomic E-state index is 5.89. The van der Waals surface area contributed by atoms with E-state index in [1.54, 1.807) is 0 Å². The predicted molar refractivity (Wildman–Crippen MR) is 80.6 cm³/mol. The average Bonchev–Trinajstić information content (AvgIpc) is 2.37. The summed E-state index contributed by atoms with van der Waals surface area (Å²) in [6, 6.07) is 7.30. The smallest absolute Gasteiger partial charge is 0.0474 e. The van der Waals surface area contributed by atoms with Crippen molar-refractivity contribution in [2.24, 2.45) is 5.92 Å². The molecule has 0 aliphatic heterocycles. The molecule has 0 N–H and O–H groups in total. The summed E-state index contributed by atoms with van der Waals surface area (Å²) in [7, 11) is 2.24. The van der Waals surface area contributed by atoms with E-state index in [1.165, 1.54) is 42.5 Å². The number of nitrogens with zero attached hydrogens (tertiary/aromatic N) is 1. The Balaban J connectivity index is 2.15. The Kier molecular flexibility index (Phi) is 4.55. The Labute approximate surface area is 116 Å². The van der Waals surface area contributed by atoms with Gasteiger partial charge in [0.2, 0.25) is 0 Å². The SMILES string of the molecule is Cc1cc(CCl)ccc1N(C)C1CCCC(C)C1. The Hall–Kier alpha value is -0.690. The summed E-state index contributed by atoms with van der Waals surface area (Å²) in [6.45, 7) is 4.57. The first kappa shape index (κ1) is 13.7. The molecule has 2 heteroatoms. The van der Waals surface area contributed by atoms with E-state index < -0.39 is 0 Å². The molecular weight excluding hydrogens is 242 g/mol. The minimum absolute atomic E-state index is 0.602. The van der Waals surface area contributed by atoms with Crippen molar-refractivity contribution < 1.29 is 0 Å². The standard InChI is InChI=1S/C16H24ClN/c1-12-5-4-6-15(9-12)18(3)16-8-7-14(11-17)10-13(16)2/h7-8,10,12,15H,4-6,9,11H2,1-3H3. The quantitative estimate of drug-likeness (QED) is 0.713. The molecule has 0 spiro atoms. The molecule has 0 amide bonds. The lowest BCUT2D eigenvalue weighted by molar-refractivity contribution is 0.336. The van der Waals surface area contributed by atoms with Crippen LogP contribution in [0, 0.1) is 12.8 Å². The van der Waals surface area contributed by atoms with Gasteiger partial charge in [-0.2, -0.15) is 0 Å². The van der Waals surface area contributed by atoms with E-state index in [1.807, 2.05) is 0 Å². The molecule has 0 saturated heterocycles. The van der Waals surface area contributed by atoms with E-state index in [2.05, 4.69) is 44.0 Å². The minimum Gasteiger partial charge on any atom is -0.371 e. The van der Waals surface area contributed by atoms with E-state index in [-0.39, 0.29) is 0 Å².